The van der Waals surface area contributed by atoms with Gasteiger partial charge in [0.1, 0.15) is 0 Å². The molecule has 3 fully saturated rings. The van der Waals surface area contributed by atoms with Crippen LogP contribution < -0.4 is 4.90 Å². The zero-order valence-corrected chi connectivity index (χ0v) is 16.4. The molecule has 0 N–H and O–H groups in total. The van der Waals surface area contributed by atoms with E-state index in [9.17, 15) is 14.4 Å². The van der Waals surface area contributed by atoms with Crippen molar-refractivity contribution in [3.63, 3.8) is 0 Å². The molecule has 28 heavy (non-hydrogen) atoms. The minimum absolute atomic E-state index is 0.00987. The summed E-state index contributed by atoms with van der Waals surface area (Å²) in [6.07, 6.45) is 5.85. The van der Waals surface area contributed by atoms with Gasteiger partial charge in [0, 0.05) is 50.7 Å². The van der Waals surface area contributed by atoms with Crippen LogP contribution in [0.3, 0.4) is 0 Å². The summed E-state index contributed by atoms with van der Waals surface area (Å²) in [5.41, 5.74) is 0.852. The SMILES string of the molecule is O=C(C1CCCCC1)N1CCN(C(=O)[C@@H]2CC(=O)N(c3ccccc3)C2)CC1. The smallest absolute Gasteiger partial charge is 0.228 e. The molecule has 1 saturated carbocycles. The molecule has 0 spiro atoms. The fourth-order valence-corrected chi connectivity index (χ4v) is 4.74. The van der Waals surface area contributed by atoms with E-state index < -0.39 is 0 Å². The van der Waals surface area contributed by atoms with Crippen LogP contribution in [-0.4, -0.2) is 60.2 Å². The maximum atomic E-state index is 12.9. The van der Waals surface area contributed by atoms with E-state index in [1.54, 1.807) is 4.90 Å². The molecular formula is C22H29N3O3. The van der Waals surface area contributed by atoms with Gasteiger partial charge in [0.25, 0.3) is 0 Å². The second kappa shape index (κ2) is 8.33. The summed E-state index contributed by atoms with van der Waals surface area (Å²) >= 11 is 0. The number of piperazine rings is 1. The molecule has 6 nitrogen and oxygen atoms in total. The molecule has 0 unspecified atom stereocenters. The van der Waals surface area contributed by atoms with Gasteiger partial charge in [-0.2, -0.15) is 0 Å². The van der Waals surface area contributed by atoms with Crippen LogP contribution in [0.4, 0.5) is 5.69 Å². The second-order valence-corrected chi connectivity index (χ2v) is 8.23. The fraction of sp³-hybridized carbons (Fsp3) is 0.591. The van der Waals surface area contributed by atoms with Crippen LogP contribution in [-0.2, 0) is 14.4 Å². The predicted molar refractivity (Wildman–Crippen MR) is 107 cm³/mol. The lowest BCUT2D eigenvalue weighted by Gasteiger charge is -2.38. The van der Waals surface area contributed by atoms with E-state index in [-0.39, 0.29) is 36.0 Å². The van der Waals surface area contributed by atoms with Crippen LogP contribution >= 0.6 is 0 Å². The van der Waals surface area contributed by atoms with Gasteiger partial charge in [0.05, 0.1) is 5.92 Å². The van der Waals surface area contributed by atoms with E-state index in [2.05, 4.69) is 0 Å². The van der Waals surface area contributed by atoms with Gasteiger partial charge in [-0.25, -0.2) is 0 Å². The average molecular weight is 383 g/mol. The van der Waals surface area contributed by atoms with Crippen molar-refractivity contribution in [2.45, 2.75) is 38.5 Å². The topological polar surface area (TPSA) is 60.9 Å². The maximum Gasteiger partial charge on any atom is 0.228 e. The first-order valence-electron chi connectivity index (χ1n) is 10.6. The Bertz CT molecular complexity index is 722. The predicted octanol–water partition coefficient (Wildman–Crippen LogP) is 2.29. The number of hydrogen-bond donors (Lipinski definition) is 0. The molecule has 2 aliphatic heterocycles. The molecule has 0 bridgehead atoms. The van der Waals surface area contributed by atoms with Crippen LogP contribution in [0.5, 0.6) is 0 Å². The molecule has 150 valence electrons. The van der Waals surface area contributed by atoms with Gasteiger partial charge in [-0.15, -0.1) is 0 Å². The standard InChI is InChI=1S/C22H29N3O3/c26-20-15-18(16-25(20)19-9-5-2-6-10-19)22(28)24-13-11-23(12-14-24)21(27)17-7-3-1-4-8-17/h2,5-6,9-10,17-18H,1,3-4,7-8,11-16H2/t18-/m1/s1. The number of nitrogens with zero attached hydrogens (tertiary/aromatic N) is 3. The van der Waals surface area contributed by atoms with Crippen LogP contribution in [0.15, 0.2) is 30.3 Å². The number of amides is 3. The summed E-state index contributed by atoms with van der Waals surface area (Å²) in [5, 5.41) is 0. The van der Waals surface area contributed by atoms with E-state index in [0.717, 1.165) is 31.4 Å². The number of carbonyl (C=O) groups excluding carboxylic acids is 3. The molecule has 2 saturated heterocycles. The Labute approximate surface area is 166 Å². The number of para-hydroxylation sites is 1. The molecule has 1 aliphatic carbocycles. The van der Waals surface area contributed by atoms with E-state index in [1.165, 1.54) is 6.42 Å². The summed E-state index contributed by atoms with van der Waals surface area (Å²) in [7, 11) is 0. The molecule has 0 aromatic heterocycles. The zero-order valence-electron chi connectivity index (χ0n) is 16.4. The number of carbonyl (C=O) groups is 3. The minimum atomic E-state index is -0.284. The van der Waals surface area contributed by atoms with Gasteiger partial charge in [-0.3, -0.25) is 14.4 Å². The van der Waals surface area contributed by atoms with Gasteiger partial charge in [0.2, 0.25) is 17.7 Å². The molecule has 2 heterocycles. The van der Waals surface area contributed by atoms with Gasteiger partial charge in [-0.05, 0) is 25.0 Å². The fourth-order valence-electron chi connectivity index (χ4n) is 4.74. The van der Waals surface area contributed by atoms with E-state index in [4.69, 9.17) is 0 Å². The molecule has 0 radical (unpaired) electrons. The van der Waals surface area contributed by atoms with Crippen molar-refractivity contribution in [3.05, 3.63) is 30.3 Å². The van der Waals surface area contributed by atoms with Crippen molar-refractivity contribution in [2.24, 2.45) is 11.8 Å². The Balaban J connectivity index is 1.31. The van der Waals surface area contributed by atoms with Gasteiger partial charge >= 0.3 is 0 Å². The lowest BCUT2D eigenvalue weighted by Crippen LogP contribution is -2.53. The summed E-state index contributed by atoms with van der Waals surface area (Å²) in [5.74, 6) is 0.237. The van der Waals surface area contributed by atoms with Crippen molar-refractivity contribution in [2.75, 3.05) is 37.6 Å². The number of benzene rings is 1. The van der Waals surface area contributed by atoms with Crippen LogP contribution in [0.1, 0.15) is 38.5 Å². The van der Waals surface area contributed by atoms with Crippen LogP contribution in [0, 0.1) is 11.8 Å². The van der Waals surface area contributed by atoms with Crippen molar-refractivity contribution < 1.29 is 14.4 Å². The van der Waals surface area contributed by atoms with E-state index >= 15 is 0 Å². The Hall–Kier alpha value is -2.37. The molecule has 1 aromatic carbocycles. The lowest BCUT2D eigenvalue weighted by molar-refractivity contribution is -0.144. The summed E-state index contributed by atoms with van der Waals surface area (Å²) < 4.78 is 0. The molecule has 4 rings (SSSR count). The number of hydrogen-bond acceptors (Lipinski definition) is 3. The number of anilines is 1. The largest absolute Gasteiger partial charge is 0.339 e. The molecule has 3 amide bonds. The van der Waals surface area contributed by atoms with Gasteiger partial charge in [-0.1, -0.05) is 37.5 Å². The maximum absolute atomic E-state index is 12.9. The number of rotatable bonds is 3. The normalized spacial score (nSPS) is 23.9. The molecule has 1 aromatic rings. The second-order valence-electron chi connectivity index (χ2n) is 8.23. The highest BCUT2D eigenvalue weighted by molar-refractivity contribution is 6.00. The lowest BCUT2D eigenvalue weighted by atomic mass is 9.88. The third-order valence-corrected chi connectivity index (χ3v) is 6.40. The molecule has 1 atom stereocenters. The first kappa shape index (κ1) is 19.0. The summed E-state index contributed by atoms with van der Waals surface area (Å²) in [6.45, 7) is 2.83. The third kappa shape index (κ3) is 3.91. The van der Waals surface area contributed by atoms with Crippen LogP contribution in [0.25, 0.3) is 0 Å². The third-order valence-electron chi connectivity index (χ3n) is 6.40. The monoisotopic (exact) mass is 383 g/mol. The highest BCUT2D eigenvalue weighted by atomic mass is 16.2. The Morgan fingerprint density at radius 1 is 0.786 bits per heavy atom. The molecule has 3 aliphatic rings. The highest BCUT2D eigenvalue weighted by Crippen LogP contribution is 2.28. The Morgan fingerprint density at radius 2 is 1.36 bits per heavy atom. The van der Waals surface area contributed by atoms with Gasteiger partial charge < -0.3 is 14.7 Å². The van der Waals surface area contributed by atoms with E-state index in [1.807, 2.05) is 40.1 Å². The van der Waals surface area contributed by atoms with Crippen LogP contribution in [0.2, 0.25) is 0 Å². The van der Waals surface area contributed by atoms with Crippen molar-refractivity contribution >= 4 is 23.4 Å². The first-order chi connectivity index (χ1) is 13.6. The zero-order chi connectivity index (χ0) is 19.5. The Kier molecular flexibility index (Phi) is 5.64. The molecule has 6 heteroatoms. The quantitative estimate of drug-likeness (QED) is 0.805. The summed E-state index contributed by atoms with van der Waals surface area (Å²) in [6, 6.07) is 9.53. The Morgan fingerprint density at radius 3 is 1.96 bits per heavy atom. The van der Waals surface area contributed by atoms with E-state index in [0.29, 0.717) is 32.7 Å². The van der Waals surface area contributed by atoms with Crippen molar-refractivity contribution in [3.8, 4) is 0 Å². The average Bonchev–Trinajstić information content (AvgIpc) is 3.15. The minimum Gasteiger partial charge on any atom is -0.339 e. The molecular weight excluding hydrogens is 354 g/mol. The first-order valence-corrected chi connectivity index (χ1v) is 10.6. The van der Waals surface area contributed by atoms with Crippen molar-refractivity contribution in [1.82, 2.24) is 9.80 Å². The summed E-state index contributed by atoms with van der Waals surface area (Å²) in [4.78, 5) is 43.5. The van der Waals surface area contributed by atoms with Gasteiger partial charge in [0.15, 0.2) is 0 Å². The highest BCUT2D eigenvalue weighted by Gasteiger charge is 2.38. The van der Waals surface area contributed by atoms with Crippen molar-refractivity contribution in [1.29, 1.82) is 0 Å².